The van der Waals surface area contributed by atoms with Crippen LogP contribution in [-0.2, 0) is 16.0 Å². The number of carbonyl (C=O) groups is 2. The predicted octanol–water partition coefficient (Wildman–Crippen LogP) is 3.08. The van der Waals surface area contributed by atoms with E-state index in [2.05, 4.69) is 10.3 Å². The number of amides is 1. The standard InChI is InChI=1S/C21H22N2O4/c1-14(20(24)22-12-11-15-7-9-17(26-2)10-8-15)27-21(25)19-13-16-5-3-4-6-18(16)23-19/h3-10,13-14,23H,11-12H2,1-2H3,(H,22,24)/t14-/m1/s1. The number of benzene rings is 2. The Morgan fingerprint density at radius 1 is 1.11 bits per heavy atom. The fraction of sp³-hybridized carbons (Fsp3) is 0.238. The lowest BCUT2D eigenvalue weighted by molar-refractivity contribution is -0.129. The summed E-state index contributed by atoms with van der Waals surface area (Å²) in [6.07, 6.45) is -0.196. The number of ether oxygens (including phenoxy) is 2. The van der Waals surface area contributed by atoms with Crippen molar-refractivity contribution < 1.29 is 19.1 Å². The van der Waals surface area contributed by atoms with Crippen molar-refractivity contribution in [1.29, 1.82) is 0 Å². The monoisotopic (exact) mass is 366 g/mol. The summed E-state index contributed by atoms with van der Waals surface area (Å²) in [5, 5.41) is 3.70. The van der Waals surface area contributed by atoms with Gasteiger partial charge in [-0.2, -0.15) is 0 Å². The molecule has 0 aliphatic rings. The van der Waals surface area contributed by atoms with E-state index in [1.807, 2.05) is 48.5 Å². The second kappa shape index (κ2) is 8.40. The van der Waals surface area contributed by atoms with Crippen molar-refractivity contribution >= 4 is 22.8 Å². The minimum Gasteiger partial charge on any atom is -0.497 e. The first-order valence-electron chi connectivity index (χ1n) is 8.76. The third-order valence-electron chi connectivity index (χ3n) is 4.27. The van der Waals surface area contributed by atoms with Crippen LogP contribution in [0.1, 0.15) is 23.0 Å². The first kappa shape index (κ1) is 18.5. The van der Waals surface area contributed by atoms with Crippen molar-refractivity contribution in [2.24, 2.45) is 0 Å². The van der Waals surface area contributed by atoms with E-state index >= 15 is 0 Å². The number of H-pyrrole nitrogens is 1. The van der Waals surface area contributed by atoms with Crippen LogP contribution >= 0.6 is 0 Å². The molecule has 1 atom stereocenters. The maximum absolute atomic E-state index is 12.2. The highest BCUT2D eigenvalue weighted by atomic mass is 16.5. The topological polar surface area (TPSA) is 80.4 Å². The van der Waals surface area contributed by atoms with E-state index < -0.39 is 12.1 Å². The van der Waals surface area contributed by atoms with Crippen molar-refractivity contribution in [3.05, 3.63) is 65.9 Å². The van der Waals surface area contributed by atoms with Gasteiger partial charge in [0.2, 0.25) is 0 Å². The number of aromatic nitrogens is 1. The van der Waals surface area contributed by atoms with Crippen LogP contribution in [0.5, 0.6) is 5.75 Å². The molecule has 0 aliphatic heterocycles. The second-order valence-corrected chi connectivity index (χ2v) is 6.21. The highest BCUT2D eigenvalue weighted by molar-refractivity contribution is 5.96. The third-order valence-corrected chi connectivity index (χ3v) is 4.27. The van der Waals surface area contributed by atoms with E-state index in [0.717, 1.165) is 22.2 Å². The fourth-order valence-corrected chi connectivity index (χ4v) is 2.73. The quantitative estimate of drug-likeness (QED) is 0.630. The van der Waals surface area contributed by atoms with Gasteiger partial charge in [0, 0.05) is 17.4 Å². The van der Waals surface area contributed by atoms with Crippen molar-refractivity contribution in [2.75, 3.05) is 13.7 Å². The zero-order valence-electron chi connectivity index (χ0n) is 15.3. The average Bonchev–Trinajstić information content (AvgIpc) is 3.13. The van der Waals surface area contributed by atoms with E-state index in [1.165, 1.54) is 0 Å². The van der Waals surface area contributed by atoms with Gasteiger partial charge in [0.25, 0.3) is 5.91 Å². The van der Waals surface area contributed by atoms with Crippen molar-refractivity contribution in [1.82, 2.24) is 10.3 Å². The van der Waals surface area contributed by atoms with Crippen molar-refractivity contribution in [3.63, 3.8) is 0 Å². The molecule has 0 fully saturated rings. The summed E-state index contributed by atoms with van der Waals surface area (Å²) in [5.41, 5.74) is 2.26. The summed E-state index contributed by atoms with van der Waals surface area (Å²) < 4.78 is 10.4. The van der Waals surface area contributed by atoms with Crippen molar-refractivity contribution in [3.8, 4) is 5.75 Å². The molecule has 0 saturated carbocycles. The molecule has 0 radical (unpaired) electrons. The van der Waals surface area contributed by atoms with Gasteiger partial charge in [-0.05, 0) is 43.2 Å². The maximum Gasteiger partial charge on any atom is 0.355 e. The number of hydrogen-bond acceptors (Lipinski definition) is 4. The summed E-state index contributed by atoms with van der Waals surface area (Å²) in [6, 6.07) is 16.9. The van der Waals surface area contributed by atoms with E-state index in [4.69, 9.17) is 9.47 Å². The number of para-hydroxylation sites is 1. The molecule has 0 bridgehead atoms. The normalized spacial score (nSPS) is 11.8. The first-order valence-corrected chi connectivity index (χ1v) is 8.76. The van der Waals surface area contributed by atoms with Gasteiger partial charge in [-0.25, -0.2) is 4.79 Å². The van der Waals surface area contributed by atoms with Crippen LogP contribution in [0.4, 0.5) is 0 Å². The highest BCUT2D eigenvalue weighted by Gasteiger charge is 2.19. The van der Waals surface area contributed by atoms with Crippen LogP contribution < -0.4 is 10.1 Å². The predicted molar refractivity (Wildman–Crippen MR) is 103 cm³/mol. The molecule has 1 amide bonds. The van der Waals surface area contributed by atoms with E-state index in [9.17, 15) is 9.59 Å². The van der Waals surface area contributed by atoms with Gasteiger partial charge >= 0.3 is 5.97 Å². The Morgan fingerprint density at radius 2 is 1.85 bits per heavy atom. The Kier molecular flexibility index (Phi) is 5.76. The molecule has 0 unspecified atom stereocenters. The average molecular weight is 366 g/mol. The molecule has 1 aromatic heterocycles. The van der Waals surface area contributed by atoms with Gasteiger partial charge in [0.15, 0.2) is 6.10 Å². The Labute approximate surface area is 157 Å². The molecular formula is C21H22N2O4. The number of nitrogens with one attached hydrogen (secondary N) is 2. The lowest BCUT2D eigenvalue weighted by atomic mass is 10.1. The van der Waals surface area contributed by atoms with Crippen molar-refractivity contribution in [2.45, 2.75) is 19.4 Å². The van der Waals surface area contributed by atoms with Crippen LogP contribution in [0, 0.1) is 0 Å². The highest BCUT2D eigenvalue weighted by Crippen LogP contribution is 2.16. The SMILES string of the molecule is COc1ccc(CCNC(=O)[C@@H](C)OC(=O)c2cc3ccccc3[nH]2)cc1. The molecule has 27 heavy (non-hydrogen) atoms. The maximum atomic E-state index is 12.2. The fourth-order valence-electron chi connectivity index (χ4n) is 2.73. The van der Waals surface area contributed by atoms with Gasteiger partial charge in [-0.1, -0.05) is 30.3 Å². The Bertz CT molecular complexity index is 898. The second-order valence-electron chi connectivity index (χ2n) is 6.21. The largest absolute Gasteiger partial charge is 0.497 e. The van der Waals surface area contributed by atoms with Gasteiger partial charge in [0.05, 0.1) is 7.11 Å². The molecule has 0 spiro atoms. The van der Waals surface area contributed by atoms with Gasteiger partial charge in [-0.15, -0.1) is 0 Å². The number of aromatic amines is 1. The van der Waals surface area contributed by atoms with E-state index in [-0.39, 0.29) is 5.91 Å². The molecule has 1 heterocycles. The summed E-state index contributed by atoms with van der Waals surface area (Å²) in [6.45, 7) is 2.02. The Morgan fingerprint density at radius 3 is 2.56 bits per heavy atom. The van der Waals surface area contributed by atoms with Gasteiger partial charge < -0.3 is 19.8 Å². The van der Waals surface area contributed by atoms with Crippen LogP contribution in [0.15, 0.2) is 54.6 Å². The zero-order chi connectivity index (χ0) is 19.2. The molecule has 140 valence electrons. The molecule has 0 aliphatic carbocycles. The first-order chi connectivity index (χ1) is 13.1. The molecular weight excluding hydrogens is 344 g/mol. The smallest absolute Gasteiger partial charge is 0.355 e. The molecule has 2 aromatic carbocycles. The lowest BCUT2D eigenvalue weighted by Crippen LogP contribution is -2.36. The van der Waals surface area contributed by atoms with Crippen LogP contribution in [0.25, 0.3) is 10.9 Å². The molecule has 0 saturated heterocycles. The van der Waals surface area contributed by atoms with Gasteiger partial charge in [-0.3, -0.25) is 4.79 Å². The summed E-state index contributed by atoms with van der Waals surface area (Å²) in [4.78, 5) is 27.4. The number of hydrogen-bond donors (Lipinski definition) is 2. The minimum absolute atomic E-state index is 0.326. The number of esters is 1. The number of fused-ring (bicyclic) bond motifs is 1. The van der Waals surface area contributed by atoms with Crippen LogP contribution in [-0.4, -0.2) is 36.6 Å². The van der Waals surface area contributed by atoms with Crippen LogP contribution in [0.3, 0.4) is 0 Å². The Balaban J connectivity index is 1.48. The van der Waals surface area contributed by atoms with Gasteiger partial charge in [0.1, 0.15) is 11.4 Å². The zero-order valence-corrected chi connectivity index (χ0v) is 15.3. The van der Waals surface area contributed by atoms with E-state index in [0.29, 0.717) is 18.7 Å². The third kappa shape index (κ3) is 4.67. The Hall–Kier alpha value is -3.28. The molecule has 3 aromatic rings. The number of rotatable bonds is 7. The summed E-state index contributed by atoms with van der Waals surface area (Å²) in [7, 11) is 1.62. The molecule has 2 N–H and O–H groups in total. The lowest BCUT2D eigenvalue weighted by Gasteiger charge is -2.13. The number of carbonyl (C=O) groups excluding carboxylic acids is 2. The molecule has 6 heteroatoms. The molecule has 6 nitrogen and oxygen atoms in total. The minimum atomic E-state index is -0.875. The molecule has 3 rings (SSSR count). The summed E-state index contributed by atoms with van der Waals surface area (Å²) >= 11 is 0. The number of methoxy groups -OCH3 is 1. The van der Waals surface area contributed by atoms with Crippen LogP contribution in [0.2, 0.25) is 0 Å². The van der Waals surface area contributed by atoms with E-state index in [1.54, 1.807) is 20.1 Å². The summed E-state index contributed by atoms with van der Waals surface area (Å²) in [5.74, 6) is -0.0859.